The van der Waals surface area contributed by atoms with E-state index in [0.29, 0.717) is 0 Å². The smallest absolute Gasteiger partial charge is 0.249 e. The highest BCUT2D eigenvalue weighted by Crippen LogP contribution is 2.14. The van der Waals surface area contributed by atoms with Crippen LogP contribution in [-0.2, 0) is 4.74 Å². The van der Waals surface area contributed by atoms with Crippen molar-refractivity contribution >= 4 is 6.72 Å². The van der Waals surface area contributed by atoms with Gasteiger partial charge in [0.15, 0.2) is 5.83 Å². The molecule has 0 rings (SSSR count). The number of methoxy groups -OCH3 is 1. The molecule has 0 aromatic heterocycles. The van der Waals surface area contributed by atoms with Crippen LogP contribution in [0.2, 0.25) is 0 Å². The summed E-state index contributed by atoms with van der Waals surface area (Å²) in [6.45, 7) is 12.0. The van der Waals surface area contributed by atoms with Crippen LogP contribution in [0.4, 0.5) is 4.39 Å². The average Bonchev–Trinajstić information content (AvgIpc) is 2.10. The molecule has 0 heterocycles. The minimum atomic E-state index is -0.558. The van der Waals surface area contributed by atoms with Crippen molar-refractivity contribution < 1.29 is 9.13 Å². The molecule has 0 bridgehead atoms. The van der Waals surface area contributed by atoms with Crippen LogP contribution in [0.25, 0.3) is 0 Å². The van der Waals surface area contributed by atoms with Crippen LogP contribution in [0.1, 0.15) is 20.8 Å². The predicted octanol–water partition coefficient (Wildman–Crippen LogP) is 3.07. The summed E-state index contributed by atoms with van der Waals surface area (Å²) in [5.74, 6) is -0.676. The lowest BCUT2D eigenvalue weighted by molar-refractivity contribution is 0.274. The first-order valence-corrected chi connectivity index (χ1v) is 3.69. The van der Waals surface area contributed by atoms with Gasteiger partial charge in [0, 0.05) is 0 Å². The Hall–Kier alpha value is -1.12. The first kappa shape index (κ1) is 13.5. The Kier molecular flexibility index (Phi) is 8.96. The molecule has 0 aromatic rings. The van der Waals surface area contributed by atoms with Crippen molar-refractivity contribution in [3.8, 4) is 0 Å². The molecule has 0 saturated carbocycles. The largest absolute Gasteiger partial charge is 0.479 e. The average molecular weight is 173 g/mol. The Morgan fingerprint density at radius 3 is 1.92 bits per heavy atom. The van der Waals surface area contributed by atoms with Crippen molar-refractivity contribution in [2.75, 3.05) is 7.11 Å². The molecule has 0 aromatic carbocycles. The maximum Gasteiger partial charge on any atom is 0.249 e. The highest BCUT2D eigenvalue weighted by molar-refractivity contribution is 5.31. The molecule has 0 unspecified atom stereocenters. The van der Waals surface area contributed by atoms with E-state index in [-0.39, 0.29) is 11.5 Å². The van der Waals surface area contributed by atoms with Gasteiger partial charge in [-0.25, -0.2) is 9.38 Å². The molecule has 70 valence electrons. The monoisotopic (exact) mass is 173 g/mol. The van der Waals surface area contributed by atoms with Gasteiger partial charge in [-0.1, -0.05) is 20.4 Å². The Morgan fingerprint density at radius 1 is 1.42 bits per heavy atom. The molecular weight excluding hydrogens is 157 g/mol. The summed E-state index contributed by atoms with van der Waals surface area (Å²) in [5.41, 5.74) is 0.282. The quantitative estimate of drug-likeness (QED) is 0.365. The summed E-state index contributed by atoms with van der Waals surface area (Å²) in [4.78, 5) is 3.30. The fourth-order valence-corrected chi connectivity index (χ4v) is 0.406. The zero-order valence-corrected chi connectivity index (χ0v) is 8.15. The number of rotatable bonds is 3. The molecule has 0 aliphatic rings. The Bertz CT molecular complexity index is 185. The number of nitrogens with zero attached hydrogens (tertiary/aromatic N) is 1. The number of halogens is 1. The standard InChI is InChI=1S/C7H10FNO.C2H6/c1-5(2)6(8)7(9-3)10-4;1-2/h1,3H2,2,4H3;1-2H3/b7-6-;. The second-order valence-corrected chi connectivity index (χ2v) is 1.76. The van der Waals surface area contributed by atoms with E-state index in [9.17, 15) is 4.39 Å². The normalized spacial score (nSPS) is 10.4. The van der Waals surface area contributed by atoms with Gasteiger partial charge < -0.3 is 4.74 Å². The maximum atomic E-state index is 12.7. The lowest BCUT2D eigenvalue weighted by atomic mass is 10.3. The van der Waals surface area contributed by atoms with E-state index in [1.165, 1.54) is 14.0 Å². The molecule has 12 heavy (non-hydrogen) atoms. The number of hydrogen-bond acceptors (Lipinski definition) is 2. The van der Waals surface area contributed by atoms with Crippen molar-refractivity contribution in [2.45, 2.75) is 20.8 Å². The second kappa shape index (κ2) is 7.98. The maximum absolute atomic E-state index is 12.7. The molecule has 0 saturated heterocycles. The number of hydrogen-bond donors (Lipinski definition) is 0. The molecule has 0 radical (unpaired) electrons. The summed E-state index contributed by atoms with van der Waals surface area (Å²) in [7, 11) is 1.33. The fraction of sp³-hybridized carbons (Fsp3) is 0.444. The number of aliphatic imine (C=N–C) groups is 1. The van der Waals surface area contributed by atoms with E-state index >= 15 is 0 Å². The summed E-state index contributed by atoms with van der Waals surface area (Å²) in [6, 6.07) is 0. The van der Waals surface area contributed by atoms with E-state index in [1.807, 2.05) is 13.8 Å². The minimum Gasteiger partial charge on any atom is -0.479 e. The third kappa shape index (κ3) is 4.66. The van der Waals surface area contributed by atoms with Crippen LogP contribution in [-0.4, -0.2) is 13.8 Å². The molecule has 0 atom stereocenters. The summed E-state index contributed by atoms with van der Waals surface area (Å²) < 4.78 is 17.2. The first-order valence-electron chi connectivity index (χ1n) is 3.69. The van der Waals surface area contributed by atoms with Crippen LogP contribution in [0.15, 0.2) is 28.9 Å². The van der Waals surface area contributed by atoms with E-state index in [2.05, 4.69) is 23.0 Å². The SMILES string of the molecule is C=N/C(OC)=C(/F)C(=C)C.CC. The summed E-state index contributed by atoms with van der Waals surface area (Å²) in [6.07, 6.45) is 0. The van der Waals surface area contributed by atoms with E-state index in [0.717, 1.165) is 0 Å². The van der Waals surface area contributed by atoms with E-state index < -0.39 is 5.83 Å². The third-order valence-corrected chi connectivity index (χ3v) is 0.899. The van der Waals surface area contributed by atoms with Gasteiger partial charge in [-0.3, -0.25) is 0 Å². The van der Waals surface area contributed by atoms with Crippen LogP contribution in [0.3, 0.4) is 0 Å². The first-order chi connectivity index (χ1) is 5.63. The van der Waals surface area contributed by atoms with Gasteiger partial charge in [0.2, 0.25) is 5.88 Å². The highest BCUT2D eigenvalue weighted by atomic mass is 19.1. The zero-order chi connectivity index (χ0) is 10.1. The van der Waals surface area contributed by atoms with Gasteiger partial charge in [-0.2, -0.15) is 0 Å². The Morgan fingerprint density at radius 2 is 1.83 bits per heavy atom. The lowest BCUT2D eigenvalue weighted by Crippen LogP contribution is -1.87. The topological polar surface area (TPSA) is 21.6 Å². The molecule has 0 amide bonds. The number of ether oxygens (including phenoxy) is 1. The van der Waals surface area contributed by atoms with Crippen LogP contribution in [0, 0.1) is 0 Å². The van der Waals surface area contributed by atoms with Gasteiger partial charge in [0.1, 0.15) is 0 Å². The summed E-state index contributed by atoms with van der Waals surface area (Å²) >= 11 is 0. The van der Waals surface area contributed by atoms with Gasteiger partial charge in [0.05, 0.1) is 7.11 Å². The van der Waals surface area contributed by atoms with Crippen LogP contribution >= 0.6 is 0 Å². The molecule has 3 heteroatoms. The molecule has 0 aliphatic carbocycles. The molecule has 0 spiro atoms. The fourth-order valence-electron chi connectivity index (χ4n) is 0.406. The van der Waals surface area contributed by atoms with Crippen molar-refractivity contribution in [2.24, 2.45) is 4.99 Å². The van der Waals surface area contributed by atoms with Crippen LogP contribution < -0.4 is 0 Å². The summed E-state index contributed by atoms with van der Waals surface area (Å²) in [5, 5.41) is 0. The highest BCUT2D eigenvalue weighted by Gasteiger charge is 2.03. The minimum absolute atomic E-state index is 0.118. The van der Waals surface area contributed by atoms with Crippen molar-refractivity contribution in [3.63, 3.8) is 0 Å². The van der Waals surface area contributed by atoms with Gasteiger partial charge in [0.25, 0.3) is 0 Å². The Balaban J connectivity index is 0. The molecule has 0 aliphatic heterocycles. The zero-order valence-electron chi connectivity index (χ0n) is 8.15. The van der Waals surface area contributed by atoms with Gasteiger partial charge >= 0.3 is 0 Å². The molecule has 0 N–H and O–H groups in total. The third-order valence-electron chi connectivity index (χ3n) is 0.899. The molecular formula is C9H16FNO. The predicted molar refractivity (Wildman–Crippen MR) is 50.9 cm³/mol. The molecule has 0 fully saturated rings. The van der Waals surface area contributed by atoms with E-state index in [1.54, 1.807) is 0 Å². The Labute approximate surface area is 73.5 Å². The molecule has 2 nitrogen and oxygen atoms in total. The van der Waals surface area contributed by atoms with Gasteiger partial charge in [-0.15, -0.1) is 0 Å². The lowest BCUT2D eigenvalue weighted by Gasteiger charge is -2.00. The van der Waals surface area contributed by atoms with E-state index in [4.69, 9.17) is 0 Å². The van der Waals surface area contributed by atoms with Gasteiger partial charge in [-0.05, 0) is 19.2 Å². The van der Waals surface area contributed by atoms with Crippen LogP contribution in [0.5, 0.6) is 0 Å². The number of allylic oxidation sites excluding steroid dienone is 2. The van der Waals surface area contributed by atoms with Crippen molar-refractivity contribution in [1.82, 2.24) is 0 Å². The van der Waals surface area contributed by atoms with Crippen molar-refractivity contribution in [1.29, 1.82) is 0 Å². The second-order valence-electron chi connectivity index (χ2n) is 1.76. The van der Waals surface area contributed by atoms with Crippen molar-refractivity contribution in [3.05, 3.63) is 23.9 Å².